The monoisotopic (exact) mass is 333 g/mol. The molecule has 2 aromatic heterocycles. The third-order valence-corrected chi connectivity index (χ3v) is 4.80. The van der Waals surface area contributed by atoms with Crippen molar-refractivity contribution in [3.05, 3.63) is 54.7 Å². The first kappa shape index (κ1) is 15.6. The summed E-state index contributed by atoms with van der Waals surface area (Å²) in [5, 5.41) is 9.22. The zero-order chi connectivity index (χ0) is 17.2. The van der Waals surface area contributed by atoms with E-state index in [1.54, 1.807) is 6.20 Å². The average molecular weight is 333 g/mol. The smallest absolute Gasteiger partial charge is 0.306 e. The first-order valence-electron chi connectivity index (χ1n) is 8.51. The van der Waals surface area contributed by atoms with E-state index in [1.165, 1.54) is 0 Å². The van der Waals surface area contributed by atoms with E-state index in [9.17, 15) is 9.90 Å². The fourth-order valence-corrected chi connectivity index (χ4v) is 3.41. The maximum Gasteiger partial charge on any atom is 0.306 e. The average Bonchev–Trinajstić information content (AvgIpc) is 2.68. The fraction of sp³-hybridized carbons (Fsp3) is 0.250. The number of hydrogen-bond donors (Lipinski definition) is 1. The van der Waals surface area contributed by atoms with Crippen LogP contribution in [0.25, 0.3) is 22.3 Å². The molecule has 1 N–H and O–H groups in total. The Kier molecular flexibility index (Phi) is 4.06. The maximum atomic E-state index is 11.2. The molecular weight excluding hydrogens is 314 g/mol. The summed E-state index contributed by atoms with van der Waals surface area (Å²) in [4.78, 5) is 22.7. The lowest BCUT2D eigenvalue weighted by Gasteiger charge is -2.32. The van der Waals surface area contributed by atoms with Crippen LogP contribution in [0.5, 0.6) is 0 Å². The van der Waals surface area contributed by atoms with Crippen LogP contribution < -0.4 is 4.90 Å². The highest BCUT2D eigenvalue weighted by atomic mass is 16.4. The zero-order valence-electron chi connectivity index (χ0n) is 13.8. The van der Waals surface area contributed by atoms with Crippen molar-refractivity contribution < 1.29 is 9.90 Å². The third-order valence-electron chi connectivity index (χ3n) is 4.80. The second-order valence-corrected chi connectivity index (χ2v) is 6.36. The summed E-state index contributed by atoms with van der Waals surface area (Å²) in [7, 11) is 0. The minimum absolute atomic E-state index is 0.245. The molecule has 1 saturated heterocycles. The van der Waals surface area contributed by atoms with Crippen LogP contribution in [-0.4, -0.2) is 34.1 Å². The van der Waals surface area contributed by atoms with Crippen molar-refractivity contribution in [2.45, 2.75) is 12.8 Å². The van der Waals surface area contributed by atoms with Gasteiger partial charge in [-0.2, -0.15) is 0 Å². The minimum atomic E-state index is -0.692. The molecule has 1 aliphatic heterocycles. The lowest BCUT2D eigenvalue weighted by atomic mass is 9.96. The van der Waals surface area contributed by atoms with Crippen molar-refractivity contribution >= 4 is 22.7 Å². The van der Waals surface area contributed by atoms with Crippen LogP contribution in [0.3, 0.4) is 0 Å². The Morgan fingerprint density at radius 1 is 1.08 bits per heavy atom. The number of fused-ring (bicyclic) bond motifs is 1. The summed E-state index contributed by atoms with van der Waals surface area (Å²) in [5.74, 6) is -0.937. The van der Waals surface area contributed by atoms with Crippen LogP contribution in [-0.2, 0) is 4.79 Å². The van der Waals surface area contributed by atoms with E-state index >= 15 is 0 Å². The van der Waals surface area contributed by atoms with Crippen LogP contribution in [0.15, 0.2) is 54.7 Å². The summed E-state index contributed by atoms with van der Waals surface area (Å²) in [6, 6.07) is 16.0. The summed E-state index contributed by atoms with van der Waals surface area (Å²) in [5.41, 5.74) is 4.75. The predicted molar refractivity (Wildman–Crippen MR) is 97.5 cm³/mol. The Morgan fingerprint density at radius 2 is 1.84 bits per heavy atom. The predicted octanol–water partition coefficient (Wildman–Crippen LogP) is 3.60. The van der Waals surface area contributed by atoms with Crippen molar-refractivity contribution in [2.75, 3.05) is 18.0 Å². The minimum Gasteiger partial charge on any atom is -0.481 e. The van der Waals surface area contributed by atoms with E-state index < -0.39 is 5.97 Å². The molecule has 5 nitrogen and oxygen atoms in total. The topological polar surface area (TPSA) is 66.3 Å². The van der Waals surface area contributed by atoms with Gasteiger partial charge in [0.05, 0.1) is 22.8 Å². The van der Waals surface area contributed by atoms with Gasteiger partial charge in [-0.05, 0) is 31.0 Å². The van der Waals surface area contributed by atoms with Crippen LogP contribution in [0.1, 0.15) is 12.8 Å². The molecule has 4 rings (SSSR count). The molecule has 0 amide bonds. The fourth-order valence-electron chi connectivity index (χ4n) is 3.41. The molecule has 25 heavy (non-hydrogen) atoms. The van der Waals surface area contributed by atoms with Crippen molar-refractivity contribution in [2.24, 2.45) is 5.92 Å². The van der Waals surface area contributed by atoms with Gasteiger partial charge in [0, 0.05) is 24.8 Å². The van der Waals surface area contributed by atoms with Crippen molar-refractivity contribution in [1.29, 1.82) is 0 Å². The van der Waals surface area contributed by atoms with Gasteiger partial charge in [0.1, 0.15) is 5.52 Å². The second kappa shape index (κ2) is 6.51. The first-order chi connectivity index (χ1) is 12.2. The van der Waals surface area contributed by atoms with Gasteiger partial charge < -0.3 is 10.0 Å². The standard InChI is InChI=1S/C20H19N3O2/c24-20(25)15-8-11-23(12-9-15)18-13-17(14-5-2-1-3-6-14)22-16-7-4-10-21-19(16)18/h1-7,10,13,15H,8-9,11-12H2,(H,24,25). The largest absolute Gasteiger partial charge is 0.481 e. The molecule has 0 atom stereocenters. The summed E-state index contributed by atoms with van der Waals surface area (Å²) in [6.07, 6.45) is 3.10. The molecule has 1 aromatic carbocycles. The highest BCUT2D eigenvalue weighted by Gasteiger charge is 2.26. The van der Waals surface area contributed by atoms with Gasteiger partial charge >= 0.3 is 5.97 Å². The molecule has 0 unspecified atom stereocenters. The van der Waals surface area contributed by atoms with Crippen LogP contribution >= 0.6 is 0 Å². The van der Waals surface area contributed by atoms with E-state index in [0.717, 1.165) is 41.1 Å². The lowest BCUT2D eigenvalue weighted by Crippen LogP contribution is -2.36. The van der Waals surface area contributed by atoms with Gasteiger partial charge in [-0.1, -0.05) is 30.3 Å². The molecule has 3 heterocycles. The highest BCUT2D eigenvalue weighted by molar-refractivity contribution is 5.91. The molecule has 0 radical (unpaired) electrons. The molecular formula is C20H19N3O2. The Morgan fingerprint density at radius 3 is 2.56 bits per heavy atom. The van der Waals surface area contributed by atoms with Crippen LogP contribution in [0.2, 0.25) is 0 Å². The number of piperidine rings is 1. The molecule has 0 saturated carbocycles. The van der Waals surface area contributed by atoms with E-state index in [0.29, 0.717) is 12.8 Å². The first-order valence-corrected chi connectivity index (χ1v) is 8.51. The molecule has 1 aliphatic rings. The number of anilines is 1. The van der Waals surface area contributed by atoms with Crippen LogP contribution in [0, 0.1) is 5.92 Å². The summed E-state index contributed by atoms with van der Waals surface area (Å²) < 4.78 is 0. The Labute approximate surface area is 146 Å². The number of hydrogen-bond acceptors (Lipinski definition) is 4. The van der Waals surface area contributed by atoms with E-state index in [2.05, 4.69) is 16.0 Å². The van der Waals surface area contributed by atoms with Crippen molar-refractivity contribution in [3.63, 3.8) is 0 Å². The molecule has 0 bridgehead atoms. The molecule has 126 valence electrons. The van der Waals surface area contributed by atoms with E-state index in [4.69, 9.17) is 4.98 Å². The Balaban J connectivity index is 1.76. The highest BCUT2D eigenvalue weighted by Crippen LogP contribution is 2.32. The third kappa shape index (κ3) is 3.05. The number of benzene rings is 1. The zero-order valence-corrected chi connectivity index (χ0v) is 13.8. The van der Waals surface area contributed by atoms with Crippen molar-refractivity contribution in [1.82, 2.24) is 9.97 Å². The quantitative estimate of drug-likeness (QED) is 0.793. The molecule has 1 fully saturated rings. The number of rotatable bonds is 3. The van der Waals surface area contributed by atoms with Crippen molar-refractivity contribution in [3.8, 4) is 11.3 Å². The number of carboxylic acid groups (broad SMARTS) is 1. The Hall–Kier alpha value is -2.95. The number of carbonyl (C=O) groups is 1. The molecule has 0 aliphatic carbocycles. The normalized spacial score (nSPS) is 15.4. The van der Waals surface area contributed by atoms with Gasteiger partial charge in [-0.15, -0.1) is 0 Å². The van der Waals surface area contributed by atoms with E-state index in [1.807, 2.05) is 42.5 Å². The number of pyridine rings is 2. The Bertz CT molecular complexity index is 903. The number of nitrogens with zero attached hydrogens (tertiary/aromatic N) is 3. The maximum absolute atomic E-state index is 11.2. The summed E-state index contributed by atoms with van der Waals surface area (Å²) in [6.45, 7) is 1.45. The summed E-state index contributed by atoms with van der Waals surface area (Å²) >= 11 is 0. The van der Waals surface area contributed by atoms with Crippen LogP contribution in [0.4, 0.5) is 5.69 Å². The number of aliphatic carboxylic acids is 1. The molecule has 5 heteroatoms. The van der Waals surface area contributed by atoms with Gasteiger partial charge in [-0.25, -0.2) is 4.98 Å². The number of carboxylic acids is 1. The van der Waals surface area contributed by atoms with Gasteiger partial charge in [-0.3, -0.25) is 9.78 Å². The van der Waals surface area contributed by atoms with Gasteiger partial charge in [0.25, 0.3) is 0 Å². The molecule has 0 spiro atoms. The second-order valence-electron chi connectivity index (χ2n) is 6.36. The lowest BCUT2D eigenvalue weighted by molar-refractivity contribution is -0.142. The van der Waals surface area contributed by atoms with Gasteiger partial charge in [0.15, 0.2) is 0 Å². The molecule has 3 aromatic rings. The van der Waals surface area contributed by atoms with Gasteiger partial charge in [0.2, 0.25) is 0 Å². The number of aromatic nitrogens is 2. The van der Waals surface area contributed by atoms with E-state index in [-0.39, 0.29) is 5.92 Å². The SMILES string of the molecule is O=C(O)C1CCN(c2cc(-c3ccccc3)nc3cccnc23)CC1.